The van der Waals surface area contributed by atoms with Crippen molar-refractivity contribution >= 4 is 17.5 Å². The Labute approximate surface area is 130 Å². The third kappa shape index (κ3) is 2.31. The van der Waals surface area contributed by atoms with Crippen molar-refractivity contribution < 1.29 is 9.59 Å². The highest BCUT2D eigenvalue weighted by molar-refractivity contribution is 6.01. The van der Waals surface area contributed by atoms with Gasteiger partial charge in [0.25, 0.3) is 5.91 Å². The zero-order valence-corrected chi connectivity index (χ0v) is 12.9. The fourth-order valence-electron chi connectivity index (χ4n) is 4.67. The Morgan fingerprint density at radius 2 is 2.18 bits per heavy atom. The van der Waals surface area contributed by atoms with Crippen LogP contribution in [0.15, 0.2) is 18.2 Å². The number of benzene rings is 1. The number of hydrogen-bond acceptors (Lipinski definition) is 2. The summed E-state index contributed by atoms with van der Waals surface area (Å²) in [4.78, 5) is 23.9. The fraction of sp³-hybridized carbons (Fsp3) is 0.556. The van der Waals surface area contributed by atoms with E-state index in [1.165, 1.54) is 25.7 Å². The highest BCUT2D eigenvalue weighted by Gasteiger charge is 2.42. The zero-order chi connectivity index (χ0) is 15.3. The molecule has 0 aromatic heterocycles. The van der Waals surface area contributed by atoms with Crippen molar-refractivity contribution in [1.29, 1.82) is 0 Å². The second-order valence-corrected chi connectivity index (χ2v) is 7.20. The summed E-state index contributed by atoms with van der Waals surface area (Å²) in [6.07, 6.45) is 5.72. The Bertz CT molecular complexity index is 640. The van der Waals surface area contributed by atoms with Crippen molar-refractivity contribution in [1.82, 2.24) is 5.32 Å². The Kier molecular flexibility index (Phi) is 3.21. The van der Waals surface area contributed by atoms with E-state index in [9.17, 15) is 9.59 Å². The van der Waals surface area contributed by atoms with E-state index >= 15 is 0 Å². The average Bonchev–Trinajstić information content (AvgIpc) is 3.19. The van der Waals surface area contributed by atoms with E-state index in [0.29, 0.717) is 17.9 Å². The Balaban J connectivity index is 1.44. The van der Waals surface area contributed by atoms with Gasteiger partial charge in [-0.2, -0.15) is 0 Å². The largest absolute Gasteiger partial charge is 0.349 e. The first-order valence-electron chi connectivity index (χ1n) is 8.34. The number of hydrogen-bond donors (Lipinski definition) is 2. The lowest BCUT2D eigenvalue weighted by molar-refractivity contribution is -0.115. The molecule has 4 atom stereocenters. The number of rotatable bonds is 3. The van der Waals surface area contributed by atoms with Crippen molar-refractivity contribution in [2.75, 3.05) is 5.32 Å². The SMILES string of the molecule is CC(NC(=O)c1ccc2c(c1)CC(=O)N2)C1CC2CCC1C2. The second-order valence-electron chi connectivity index (χ2n) is 7.20. The molecule has 0 spiro atoms. The molecule has 2 amide bonds. The third-order valence-corrected chi connectivity index (χ3v) is 5.79. The van der Waals surface area contributed by atoms with Crippen LogP contribution in [-0.4, -0.2) is 17.9 Å². The fourth-order valence-corrected chi connectivity index (χ4v) is 4.67. The van der Waals surface area contributed by atoms with Gasteiger partial charge < -0.3 is 10.6 Å². The predicted octanol–water partition coefficient (Wildman–Crippen LogP) is 2.74. The van der Waals surface area contributed by atoms with Gasteiger partial charge in [0.2, 0.25) is 5.91 Å². The molecule has 1 aliphatic heterocycles. The van der Waals surface area contributed by atoms with Gasteiger partial charge in [-0.25, -0.2) is 0 Å². The summed E-state index contributed by atoms with van der Waals surface area (Å²) >= 11 is 0. The maximum atomic E-state index is 12.5. The van der Waals surface area contributed by atoms with E-state index in [4.69, 9.17) is 0 Å². The van der Waals surface area contributed by atoms with Crippen molar-refractivity contribution in [2.24, 2.45) is 17.8 Å². The monoisotopic (exact) mass is 298 g/mol. The molecule has 0 saturated heterocycles. The molecule has 2 fully saturated rings. The summed E-state index contributed by atoms with van der Waals surface area (Å²) in [5.41, 5.74) is 2.41. The number of fused-ring (bicyclic) bond motifs is 3. The van der Waals surface area contributed by atoms with Gasteiger partial charge in [0.1, 0.15) is 0 Å². The number of carbonyl (C=O) groups excluding carboxylic acids is 2. The molecule has 3 aliphatic rings. The third-order valence-electron chi connectivity index (χ3n) is 5.79. The summed E-state index contributed by atoms with van der Waals surface area (Å²) < 4.78 is 0. The van der Waals surface area contributed by atoms with Gasteiger partial charge in [-0.1, -0.05) is 6.42 Å². The molecule has 1 aromatic rings. The standard InChI is InChI=1S/C18H22N2O2/c1-10(15-7-11-2-3-12(15)6-11)19-18(22)13-4-5-16-14(8-13)9-17(21)20-16/h4-5,8,10-12,15H,2-3,6-7,9H2,1H3,(H,19,22)(H,20,21). The predicted molar refractivity (Wildman–Crippen MR) is 84.6 cm³/mol. The van der Waals surface area contributed by atoms with E-state index < -0.39 is 0 Å². The molecule has 1 heterocycles. The minimum atomic E-state index is -0.0163. The molecule has 2 saturated carbocycles. The van der Waals surface area contributed by atoms with Crippen molar-refractivity contribution in [3.63, 3.8) is 0 Å². The van der Waals surface area contributed by atoms with Crippen LogP contribution in [0.4, 0.5) is 5.69 Å². The zero-order valence-electron chi connectivity index (χ0n) is 12.9. The van der Waals surface area contributed by atoms with Gasteiger partial charge in [0.15, 0.2) is 0 Å². The molecular formula is C18H22N2O2. The Morgan fingerprint density at radius 1 is 1.32 bits per heavy atom. The van der Waals surface area contributed by atoms with Gasteiger partial charge in [0.05, 0.1) is 6.42 Å². The van der Waals surface area contributed by atoms with Gasteiger partial charge in [-0.3, -0.25) is 9.59 Å². The number of carbonyl (C=O) groups is 2. The van der Waals surface area contributed by atoms with Gasteiger partial charge in [-0.05, 0) is 67.7 Å². The summed E-state index contributed by atoms with van der Waals surface area (Å²) in [7, 11) is 0. The molecule has 4 rings (SSSR count). The van der Waals surface area contributed by atoms with E-state index in [2.05, 4.69) is 17.6 Å². The van der Waals surface area contributed by atoms with Gasteiger partial charge in [0, 0.05) is 17.3 Å². The Morgan fingerprint density at radius 3 is 2.91 bits per heavy atom. The van der Waals surface area contributed by atoms with Crippen LogP contribution in [0.1, 0.15) is 48.5 Å². The van der Waals surface area contributed by atoms with Crippen molar-refractivity contribution in [3.8, 4) is 0 Å². The number of amides is 2. The Hall–Kier alpha value is -1.84. The molecule has 116 valence electrons. The van der Waals surface area contributed by atoms with Crippen LogP contribution in [0.2, 0.25) is 0 Å². The van der Waals surface area contributed by atoms with E-state index in [1.54, 1.807) is 6.07 Å². The molecule has 22 heavy (non-hydrogen) atoms. The normalized spacial score (nSPS) is 30.0. The molecule has 2 bridgehead atoms. The summed E-state index contributed by atoms with van der Waals surface area (Å²) in [6, 6.07) is 5.71. The molecule has 2 N–H and O–H groups in total. The minimum absolute atomic E-state index is 0.00269. The maximum absolute atomic E-state index is 12.5. The summed E-state index contributed by atoms with van der Waals surface area (Å²) in [6.45, 7) is 2.14. The second kappa shape index (κ2) is 5.11. The minimum Gasteiger partial charge on any atom is -0.349 e. The molecular weight excluding hydrogens is 276 g/mol. The topological polar surface area (TPSA) is 58.2 Å². The number of anilines is 1. The van der Waals surface area contributed by atoms with E-state index in [0.717, 1.165) is 23.1 Å². The molecule has 0 radical (unpaired) electrons. The molecule has 4 unspecified atom stereocenters. The smallest absolute Gasteiger partial charge is 0.251 e. The van der Waals surface area contributed by atoms with Crippen molar-refractivity contribution in [2.45, 2.75) is 45.1 Å². The lowest BCUT2D eigenvalue weighted by Crippen LogP contribution is -2.40. The average molecular weight is 298 g/mol. The highest BCUT2D eigenvalue weighted by atomic mass is 16.2. The highest BCUT2D eigenvalue weighted by Crippen LogP contribution is 2.49. The van der Waals surface area contributed by atoms with Crippen LogP contribution >= 0.6 is 0 Å². The lowest BCUT2D eigenvalue weighted by atomic mass is 9.84. The molecule has 4 heteroatoms. The van der Waals surface area contributed by atoms with Crippen LogP contribution in [0.3, 0.4) is 0 Å². The van der Waals surface area contributed by atoms with Gasteiger partial charge >= 0.3 is 0 Å². The molecule has 4 nitrogen and oxygen atoms in total. The van der Waals surface area contributed by atoms with Crippen LogP contribution in [0, 0.1) is 17.8 Å². The first kappa shape index (κ1) is 13.8. The quantitative estimate of drug-likeness (QED) is 0.901. The van der Waals surface area contributed by atoms with Crippen LogP contribution in [0.25, 0.3) is 0 Å². The van der Waals surface area contributed by atoms with E-state index in [-0.39, 0.29) is 17.9 Å². The summed E-state index contributed by atoms with van der Waals surface area (Å²) in [5, 5.41) is 5.98. The van der Waals surface area contributed by atoms with Crippen LogP contribution in [0.5, 0.6) is 0 Å². The van der Waals surface area contributed by atoms with Crippen molar-refractivity contribution in [3.05, 3.63) is 29.3 Å². The maximum Gasteiger partial charge on any atom is 0.251 e. The molecule has 2 aliphatic carbocycles. The van der Waals surface area contributed by atoms with Gasteiger partial charge in [-0.15, -0.1) is 0 Å². The van der Waals surface area contributed by atoms with Crippen LogP contribution in [-0.2, 0) is 11.2 Å². The first-order valence-corrected chi connectivity index (χ1v) is 8.34. The van der Waals surface area contributed by atoms with E-state index in [1.807, 2.05) is 12.1 Å². The van der Waals surface area contributed by atoms with Crippen LogP contribution < -0.4 is 10.6 Å². The lowest BCUT2D eigenvalue weighted by Gasteiger charge is -2.28. The molecule has 1 aromatic carbocycles. The number of nitrogens with one attached hydrogen (secondary N) is 2. The first-order chi connectivity index (χ1) is 10.6. The summed E-state index contributed by atoms with van der Waals surface area (Å²) in [5.74, 6) is 2.33.